The predicted molar refractivity (Wildman–Crippen MR) is 77.4 cm³/mol. The standard InChI is InChI=1S/C16H19NO2/c1-5-10-17(11-6-2)12-9-14-7-8-15(18-3)16(13-14)19-4/h1-2,7-8,13H,9-12H2,3-4H3. The third-order valence-electron chi connectivity index (χ3n) is 2.79. The Morgan fingerprint density at radius 1 is 1.05 bits per heavy atom. The molecule has 19 heavy (non-hydrogen) atoms. The summed E-state index contributed by atoms with van der Waals surface area (Å²) < 4.78 is 10.5. The van der Waals surface area contributed by atoms with Crippen molar-refractivity contribution >= 4 is 0 Å². The lowest BCUT2D eigenvalue weighted by atomic mass is 10.1. The average molecular weight is 257 g/mol. The molecule has 0 unspecified atom stereocenters. The van der Waals surface area contributed by atoms with Gasteiger partial charge in [0.05, 0.1) is 27.3 Å². The second kappa shape index (κ2) is 8.08. The van der Waals surface area contributed by atoms with Gasteiger partial charge in [0.25, 0.3) is 0 Å². The Bertz CT molecular complexity index is 467. The summed E-state index contributed by atoms with van der Waals surface area (Å²) in [6, 6.07) is 5.90. The molecule has 0 aliphatic heterocycles. The Kier molecular flexibility index (Phi) is 6.36. The molecule has 3 heteroatoms. The van der Waals surface area contributed by atoms with E-state index in [0.717, 1.165) is 30.0 Å². The van der Waals surface area contributed by atoms with Gasteiger partial charge in [0, 0.05) is 6.54 Å². The first-order valence-electron chi connectivity index (χ1n) is 6.05. The lowest BCUT2D eigenvalue weighted by Gasteiger charge is -2.17. The van der Waals surface area contributed by atoms with E-state index in [-0.39, 0.29) is 0 Å². The topological polar surface area (TPSA) is 21.7 Å². The molecule has 1 aromatic carbocycles. The van der Waals surface area contributed by atoms with Crippen molar-refractivity contribution < 1.29 is 9.47 Å². The minimum Gasteiger partial charge on any atom is -0.493 e. The van der Waals surface area contributed by atoms with E-state index < -0.39 is 0 Å². The molecule has 1 aromatic rings. The Labute approximate surface area is 115 Å². The number of benzene rings is 1. The number of rotatable bonds is 7. The fourth-order valence-corrected chi connectivity index (χ4v) is 1.80. The molecule has 0 radical (unpaired) electrons. The third-order valence-corrected chi connectivity index (χ3v) is 2.79. The molecule has 0 amide bonds. The highest BCUT2D eigenvalue weighted by Crippen LogP contribution is 2.27. The summed E-state index contributed by atoms with van der Waals surface area (Å²) in [7, 11) is 3.25. The van der Waals surface area contributed by atoms with Crippen molar-refractivity contribution in [3.05, 3.63) is 23.8 Å². The van der Waals surface area contributed by atoms with Gasteiger partial charge in [-0.1, -0.05) is 17.9 Å². The van der Waals surface area contributed by atoms with Gasteiger partial charge in [-0.05, 0) is 24.1 Å². The zero-order chi connectivity index (χ0) is 14.1. The highest BCUT2D eigenvalue weighted by molar-refractivity contribution is 5.42. The van der Waals surface area contributed by atoms with Crippen LogP contribution in [-0.4, -0.2) is 38.8 Å². The van der Waals surface area contributed by atoms with E-state index in [2.05, 4.69) is 16.7 Å². The summed E-state index contributed by atoms with van der Waals surface area (Å²) in [5.41, 5.74) is 1.16. The number of hydrogen-bond acceptors (Lipinski definition) is 3. The first kappa shape index (κ1) is 15.0. The van der Waals surface area contributed by atoms with Crippen molar-refractivity contribution in [2.45, 2.75) is 6.42 Å². The maximum atomic E-state index is 5.32. The summed E-state index contributed by atoms with van der Waals surface area (Å²) in [6.45, 7) is 1.96. The van der Waals surface area contributed by atoms with Gasteiger partial charge in [0.1, 0.15) is 0 Å². The van der Waals surface area contributed by atoms with E-state index in [0.29, 0.717) is 13.1 Å². The molecule has 0 aliphatic rings. The molecule has 0 heterocycles. The zero-order valence-electron chi connectivity index (χ0n) is 11.5. The molecule has 1 rings (SSSR count). The molecule has 0 atom stereocenters. The number of nitrogens with zero attached hydrogens (tertiary/aromatic N) is 1. The largest absolute Gasteiger partial charge is 0.493 e. The summed E-state index contributed by atoms with van der Waals surface area (Å²) in [5.74, 6) is 6.70. The van der Waals surface area contributed by atoms with Gasteiger partial charge < -0.3 is 9.47 Å². The molecule has 0 saturated heterocycles. The van der Waals surface area contributed by atoms with Gasteiger partial charge in [-0.3, -0.25) is 4.90 Å². The van der Waals surface area contributed by atoms with Crippen molar-refractivity contribution in [2.24, 2.45) is 0 Å². The fourth-order valence-electron chi connectivity index (χ4n) is 1.80. The van der Waals surface area contributed by atoms with Crippen LogP contribution in [0.15, 0.2) is 18.2 Å². The number of terminal acetylenes is 2. The van der Waals surface area contributed by atoms with E-state index in [9.17, 15) is 0 Å². The van der Waals surface area contributed by atoms with Crippen LogP contribution in [0.5, 0.6) is 11.5 Å². The van der Waals surface area contributed by atoms with Crippen LogP contribution < -0.4 is 9.47 Å². The quantitative estimate of drug-likeness (QED) is 0.695. The molecule has 0 bridgehead atoms. The third kappa shape index (κ3) is 4.58. The predicted octanol–water partition coefficient (Wildman–Crippen LogP) is 1.81. The van der Waals surface area contributed by atoms with Crippen LogP contribution in [0.2, 0.25) is 0 Å². The van der Waals surface area contributed by atoms with E-state index in [1.165, 1.54) is 0 Å². The van der Waals surface area contributed by atoms with Gasteiger partial charge in [0.15, 0.2) is 11.5 Å². The minimum absolute atomic E-state index is 0.567. The van der Waals surface area contributed by atoms with Gasteiger partial charge >= 0.3 is 0 Å². The SMILES string of the molecule is C#CCN(CC#C)CCc1ccc(OC)c(OC)c1. The van der Waals surface area contributed by atoms with Crippen LogP contribution in [0.1, 0.15) is 5.56 Å². The number of ether oxygens (including phenoxy) is 2. The van der Waals surface area contributed by atoms with E-state index >= 15 is 0 Å². The number of methoxy groups -OCH3 is 2. The summed E-state index contributed by atoms with van der Waals surface area (Å²) in [4.78, 5) is 2.05. The smallest absolute Gasteiger partial charge is 0.160 e. The summed E-state index contributed by atoms with van der Waals surface area (Å²) in [6.07, 6.45) is 11.5. The Morgan fingerprint density at radius 2 is 1.68 bits per heavy atom. The van der Waals surface area contributed by atoms with Gasteiger partial charge in [-0.2, -0.15) is 0 Å². The second-order valence-corrected chi connectivity index (χ2v) is 4.06. The minimum atomic E-state index is 0.567. The molecular formula is C16H19NO2. The highest BCUT2D eigenvalue weighted by atomic mass is 16.5. The molecule has 0 fully saturated rings. The highest BCUT2D eigenvalue weighted by Gasteiger charge is 2.06. The average Bonchev–Trinajstić information content (AvgIpc) is 2.44. The Balaban J connectivity index is 2.67. The second-order valence-electron chi connectivity index (χ2n) is 4.06. The molecule has 0 aliphatic carbocycles. The lowest BCUT2D eigenvalue weighted by Crippen LogP contribution is -2.26. The van der Waals surface area contributed by atoms with Crippen molar-refractivity contribution in [3.8, 4) is 36.2 Å². The first-order valence-corrected chi connectivity index (χ1v) is 6.05. The van der Waals surface area contributed by atoms with E-state index in [1.54, 1.807) is 14.2 Å². The molecule has 100 valence electrons. The Hall–Kier alpha value is -2.10. The van der Waals surface area contributed by atoms with Crippen LogP contribution >= 0.6 is 0 Å². The van der Waals surface area contributed by atoms with Gasteiger partial charge in [-0.25, -0.2) is 0 Å². The molecule has 0 aromatic heterocycles. The van der Waals surface area contributed by atoms with Gasteiger partial charge in [-0.15, -0.1) is 12.8 Å². The van der Waals surface area contributed by atoms with E-state index in [1.807, 2.05) is 18.2 Å². The monoisotopic (exact) mass is 257 g/mol. The Morgan fingerprint density at radius 3 is 2.21 bits per heavy atom. The zero-order valence-corrected chi connectivity index (χ0v) is 11.5. The molecule has 0 spiro atoms. The van der Waals surface area contributed by atoms with Crippen LogP contribution in [0.4, 0.5) is 0 Å². The van der Waals surface area contributed by atoms with E-state index in [4.69, 9.17) is 22.3 Å². The molecule has 3 nitrogen and oxygen atoms in total. The van der Waals surface area contributed by atoms with Crippen molar-refractivity contribution in [1.29, 1.82) is 0 Å². The van der Waals surface area contributed by atoms with Crippen LogP contribution in [0.3, 0.4) is 0 Å². The molecule has 0 N–H and O–H groups in total. The van der Waals surface area contributed by atoms with Gasteiger partial charge in [0.2, 0.25) is 0 Å². The maximum absolute atomic E-state index is 5.32. The van der Waals surface area contributed by atoms with Crippen molar-refractivity contribution in [1.82, 2.24) is 4.90 Å². The fraction of sp³-hybridized carbons (Fsp3) is 0.375. The van der Waals surface area contributed by atoms with Crippen LogP contribution in [-0.2, 0) is 6.42 Å². The van der Waals surface area contributed by atoms with Crippen LogP contribution in [0.25, 0.3) is 0 Å². The van der Waals surface area contributed by atoms with Crippen molar-refractivity contribution in [2.75, 3.05) is 33.9 Å². The lowest BCUT2D eigenvalue weighted by molar-refractivity contribution is 0.346. The molecule has 0 saturated carbocycles. The van der Waals surface area contributed by atoms with Crippen molar-refractivity contribution in [3.63, 3.8) is 0 Å². The number of hydrogen-bond donors (Lipinski definition) is 0. The molecular weight excluding hydrogens is 238 g/mol. The normalized spacial score (nSPS) is 9.74. The first-order chi connectivity index (χ1) is 9.24. The van der Waals surface area contributed by atoms with Crippen LogP contribution in [0, 0.1) is 24.7 Å². The maximum Gasteiger partial charge on any atom is 0.160 e. The summed E-state index contributed by atoms with van der Waals surface area (Å²) >= 11 is 0. The summed E-state index contributed by atoms with van der Waals surface area (Å²) in [5, 5.41) is 0.